The number of rotatable bonds is 7. The highest BCUT2D eigenvalue weighted by Gasteiger charge is 2.16. The maximum Gasteiger partial charge on any atom is 0.196 e. The first kappa shape index (κ1) is 19.7. The van der Waals surface area contributed by atoms with Gasteiger partial charge in [0.15, 0.2) is 11.0 Å². The van der Waals surface area contributed by atoms with Crippen LogP contribution in [0.25, 0.3) is 11.3 Å². The van der Waals surface area contributed by atoms with Crippen molar-refractivity contribution < 1.29 is 4.74 Å². The van der Waals surface area contributed by atoms with Gasteiger partial charge in [0.05, 0.1) is 10.7 Å². The fraction of sp³-hybridized carbons (Fsp3) is 0.0870. The number of fused-ring (bicyclic) bond motifs is 1. The molecule has 31 heavy (non-hydrogen) atoms. The summed E-state index contributed by atoms with van der Waals surface area (Å²) in [6, 6.07) is 23.4. The SMILES string of the molecule is Clc1ccccc1OCc1nnc(SCc2cn3ccccc3n2)n1-c1ccccc1. The van der Waals surface area contributed by atoms with E-state index < -0.39 is 0 Å². The highest BCUT2D eigenvalue weighted by atomic mass is 35.5. The van der Waals surface area contributed by atoms with E-state index in [0.717, 1.165) is 22.2 Å². The standard InChI is InChI=1S/C23H18ClN5OS/c24-19-10-4-5-11-20(19)30-15-22-26-27-23(29(22)18-8-2-1-3-9-18)31-16-17-14-28-13-7-6-12-21(28)25-17/h1-14H,15-16H2. The summed E-state index contributed by atoms with van der Waals surface area (Å²) in [6.45, 7) is 0.251. The number of aromatic nitrogens is 5. The Labute approximate surface area is 188 Å². The number of hydrogen-bond donors (Lipinski definition) is 0. The summed E-state index contributed by atoms with van der Waals surface area (Å²) in [5.41, 5.74) is 2.88. The van der Waals surface area contributed by atoms with Crippen molar-refractivity contribution in [3.05, 3.63) is 102 Å². The highest BCUT2D eigenvalue weighted by molar-refractivity contribution is 7.98. The van der Waals surface area contributed by atoms with Gasteiger partial charge in [-0.2, -0.15) is 0 Å². The van der Waals surface area contributed by atoms with Crippen LogP contribution >= 0.6 is 23.4 Å². The van der Waals surface area contributed by atoms with Crippen LogP contribution in [0.15, 0.2) is 90.3 Å². The van der Waals surface area contributed by atoms with Gasteiger partial charge in [-0.05, 0) is 36.4 Å². The molecule has 0 unspecified atom stereocenters. The normalized spacial score (nSPS) is 11.1. The lowest BCUT2D eigenvalue weighted by Gasteiger charge is -2.11. The van der Waals surface area contributed by atoms with Crippen molar-refractivity contribution in [2.45, 2.75) is 17.5 Å². The van der Waals surface area contributed by atoms with E-state index in [1.54, 1.807) is 17.8 Å². The Morgan fingerprint density at radius 3 is 2.55 bits per heavy atom. The lowest BCUT2D eigenvalue weighted by molar-refractivity contribution is 0.293. The van der Waals surface area contributed by atoms with Gasteiger partial charge in [-0.15, -0.1) is 10.2 Å². The molecule has 0 fully saturated rings. The molecular formula is C23H18ClN5OS. The van der Waals surface area contributed by atoms with E-state index in [-0.39, 0.29) is 6.61 Å². The van der Waals surface area contributed by atoms with Crippen molar-refractivity contribution in [2.75, 3.05) is 0 Å². The average molecular weight is 448 g/mol. The third-order valence-corrected chi connectivity index (χ3v) is 5.95. The number of pyridine rings is 1. The molecule has 0 atom stereocenters. The summed E-state index contributed by atoms with van der Waals surface area (Å²) < 4.78 is 9.95. The smallest absolute Gasteiger partial charge is 0.196 e. The first-order valence-corrected chi connectivity index (χ1v) is 11.1. The lowest BCUT2D eigenvalue weighted by Crippen LogP contribution is -2.06. The summed E-state index contributed by atoms with van der Waals surface area (Å²) in [4.78, 5) is 4.67. The first-order valence-electron chi connectivity index (χ1n) is 9.70. The third-order valence-electron chi connectivity index (χ3n) is 4.67. The summed E-state index contributed by atoms with van der Waals surface area (Å²) in [5.74, 6) is 1.99. The Bertz CT molecular complexity index is 1290. The van der Waals surface area contributed by atoms with Crippen molar-refractivity contribution in [1.82, 2.24) is 24.1 Å². The molecule has 0 amide bonds. The molecule has 5 aromatic rings. The predicted molar refractivity (Wildman–Crippen MR) is 122 cm³/mol. The van der Waals surface area contributed by atoms with E-state index in [9.17, 15) is 0 Å². The molecule has 0 N–H and O–H groups in total. The molecule has 3 heterocycles. The predicted octanol–water partition coefficient (Wildman–Crippen LogP) is 5.44. The van der Waals surface area contributed by atoms with Crippen LogP contribution in [0.3, 0.4) is 0 Å². The molecule has 5 rings (SSSR count). The number of para-hydroxylation sites is 2. The largest absolute Gasteiger partial charge is 0.484 e. The zero-order valence-corrected chi connectivity index (χ0v) is 18.0. The molecule has 3 aromatic heterocycles. The quantitative estimate of drug-likeness (QED) is 0.311. The summed E-state index contributed by atoms with van der Waals surface area (Å²) >= 11 is 7.81. The minimum atomic E-state index is 0.251. The van der Waals surface area contributed by atoms with E-state index >= 15 is 0 Å². The molecule has 8 heteroatoms. The van der Waals surface area contributed by atoms with Crippen LogP contribution in [0.2, 0.25) is 5.02 Å². The molecule has 0 saturated heterocycles. The molecule has 0 saturated carbocycles. The van der Waals surface area contributed by atoms with E-state index in [4.69, 9.17) is 16.3 Å². The zero-order valence-electron chi connectivity index (χ0n) is 16.4. The fourth-order valence-electron chi connectivity index (χ4n) is 3.22. The second-order valence-corrected chi connectivity index (χ2v) is 8.13. The van der Waals surface area contributed by atoms with Gasteiger partial charge in [0.25, 0.3) is 0 Å². The van der Waals surface area contributed by atoms with Crippen molar-refractivity contribution in [3.63, 3.8) is 0 Å². The monoisotopic (exact) mass is 447 g/mol. The number of nitrogens with zero attached hydrogens (tertiary/aromatic N) is 5. The average Bonchev–Trinajstić information content (AvgIpc) is 3.41. The molecule has 0 aliphatic heterocycles. The lowest BCUT2D eigenvalue weighted by atomic mass is 10.3. The third kappa shape index (κ3) is 4.28. The Morgan fingerprint density at radius 2 is 1.71 bits per heavy atom. The van der Waals surface area contributed by atoms with Gasteiger partial charge in [0.2, 0.25) is 0 Å². The minimum Gasteiger partial charge on any atom is -0.484 e. The molecular weight excluding hydrogens is 430 g/mol. The first-order chi connectivity index (χ1) is 15.3. The number of hydrogen-bond acceptors (Lipinski definition) is 5. The Balaban J connectivity index is 1.41. The van der Waals surface area contributed by atoms with Gasteiger partial charge in [-0.25, -0.2) is 4.98 Å². The molecule has 6 nitrogen and oxygen atoms in total. The van der Waals surface area contributed by atoms with Crippen molar-refractivity contribution in [2.24, 2.45) is 0 Å². The number of ether oxygens (including phenoxy) is 1. The maximum absolute atomic E-state index is 6.22. The van der Waals surface area contributed by atoms with Crippen LogP contribution in [0.5, 0.6) is 5.75 Å². The van der Waals surface area contributed by atoms with Gasteiger partial charge in [0.1, 0.15) is 18.0 Å². The molecule has 0 radical (unpaired) electrons. The van der Waals surface area contributed by atoms with Gasteiger partial charge < -0.3 is 9.14 Å². The molecule has 2 aromatic carbocycles. The van der Waals surface area contributed by atoms with Crippen LogP contribution in [0.4, 0.5) is 0 Å². The fourth-order valence-corrected chi connectivity index (χ4v) is 4.27. The van der Waals surface area contributed by atoms with Crippen LogP contribution in [-0.4, -0.2) is 24.1 Å². The molecule has 0 spiro atoms. The number of halogens is 1. The second kappa shape index (κ2) is 8.83. The van der Waals surface area contributed by atoms with Crippen LogP contribution in [0.1, 0.15) is 11.5 Å². The Hall–Kier alpha value is -3.29. The summed E-state index contributed by atoms with van der Waals surface area (Å²) in [5, 5.41) is 10.2. The van der Waals surface area contributed by atoms with E-state index in [1.807, 2.05) is 88.1 Å². The van der Waals surface area contributed by atoms with Gasteiger partial charge in [-0.3, -0.25) is 4.57 Å². The number of benzene rings is 2. The van der Waals surface area contributed by atoms with Crippen LogP contribution < -0.4 is 4.74 Å². The van der Waals surface area contributed by atoms with Gasteiger partial charge in [0, 0.05) is 23.8 Å². The molecule has 0 aliphatic carbocycles. The van der Waals surface area contributed by atoms with Crippen LogP contribution in [0, 0.1) is 0 Å². The van der Waals surface area contributed by atoms with E-state index in [0.29, 0.717) is 22.3 Å². The maximum atomic E-state index is 6.22. The van der Waals surface area contributed by atoms with Crippen LogP contribution in [-0.2, 0) is 12.4 Å². The van der Waals surface area contributed by atoms with Gasteiger partial charge >= 0.3 is 0 Å². The van der Waals surface area contributed by atoms with Crippen molar-refractivity contribution in [3.8, 4) is 11.4 Å². The Morgan fingerprint density at radius 1 is 0.903 bits per heavy atom. The zero-order chi connectivity index (χ0) is 21.0. The Kier molecular flexibility index (Phi) is 5.60. The van der Waals surface area contributed by atoms with E-state index in [2.05, 4.69) is 15.2 Å². The summed E-state index contributed by atoms with van der Waals surface area (Å²) in [7, 11) is 0. The molecule has 0 aliphatic rings. The molecule has 154 valence electrons. The topological polar surface area (TPSA) is 57.2 Å². The highest BCUT2D eigenvalue weighted by Crippen LogP contribution is 2.27. The number of thioether (sulfide) groups is 1. The summed E-state index contributed by atoms with van der Waals surface area (Å²) in [6.07, 6.45) is 4.03. The number of imidazole rings is 1. The van der Waals surface area contributed by atoms with Gasteiger partial charge in [-0.1, -0.05) is 59.8 Å². The molecule has 0 bridgehead atoms. The van der Waals surface area contributed by atoms with E-state index in [1.165, 1.54) is 0 Å². The minimum absolute atomic E-state index is 0.251. The second-order valence-electron chi connectivity index (χ2n) is 6.78. The van der Waals surface area contributed by atoms with Crippen molar-refractivity contribution in [1.29, 1.82) is 0 Å². The van der Waals surface area contributed by atoms with Crippen molar-refractivity contribution >= 4 is 29.0 Å².